The maximum Gasteiger partial charge on any atom is 0.316 e. The molecule has 2 aromatic rings. The van der Waals surface area contributed by atoms with Crippen molar-refractivity contribution in [3.63, 3.8) is 0 Å². The van der Waals surface area contributed by atoms with Gasteiger partial charge in [0, 0.05) is 32.4 Å². The summed E-state index contributed by atoms with van der Waals surface area (Å²) in [6, 6.07) is 8.20. The minimum absolute atomic E-state index is 0.102. The van der Waals surface area contributed by atoms with Crippen LogP contribution in [0.25, 0.3) is 5.52 Å². The number of pyridine rings is 1. The fourth-order valence-electron chi connectivity index (χ4n) is 4.13. The summed E-state index contributed by atoms with van der Waals surface area (Å²) in [6.45, 7) is 5.84. The molecule has 0 aromatic carbocycles. The topological polar surface area (TPSA) is 56.1 Å². The van der Waals surface area contributed by atoms with Crippen LogP contribution in [0.1, 0.15) is 19.0 Å². The smallest absolute Gasteiger partial charge is 0.316 e. The zero-order valence-electron chi connectivity index (χ0n) is 14.0. The fourth-order valence-corrected chi connectivity index (χ4v) is 4.13. The van der Waals surface area contributed by atoms with Gasteiger partial charge in [-0.2, -0.15) is 5.10 Å². The standard InChI is InChI=1S/C18H23N3O3/c1-2-24-17(22)18-12-20(10-14(18)7-9-23-13-18)11-16-5-3-4-15-6-8-19-21(15)16/h3-6,8,14H,2,7,9-13H2,1H3/t14-,18+/m0/s1. The van der Waals surface area contributed by atoms with Gasteiger partial charge in [0.15, 0.2) is 0 Å². The summed E-state index contributed by atoms with van der Waals surface area (Å²) in [7, 11) is 0. The second kappa shape index (κ2) is 6.18. The van der Waals surface area contributed by atoms with E-state index in [4.69, 9.17) is 9.47 Å². The van der Waals surface area contributed by atoms with Crippen LogP contribution in [0.4, 0.5) is 0 Å². The minimum Gasteiger partial charge on any atom is -0.465 e. The van der Waals surface area contributed by atoms with E-state index in [1.807, 2.05) is 29.8 Å². The lowest BCUT2D eigenvalue weighted by atomic mass is 9.75. The lowest BCUT2D eigenvalue weighted by molar-refractivity contribution is -0.166. The van der Waals surface area contributed by atoms with Crippen LogP contribution in [-0.4, -0.2) is 53.4 Å². The molecule has 4 rings (SSSR count). The lowest BCUT2D eigenvalue weighted by Crippen LogP contribution is -2.47. The Morgan fingerprint density at radius 1 is 1.46 bits per heavy atom. The molecule has 6 heteroatoms. The number of rotatable bonds is 4. The number of esters is 1. The van der Waals surface area contributed by atoms with Crippen LogP contribution < -0.4 is 0 Å². The van der Waals surface area contributed by atoms with Crippen molar-refractivity contribution in [2.45, 2.75) is 19.9 Å². The second-order valence-corrected chi connectivity index (χ2v) is 6.77. The quantitative estimate of drug-likeness (QED) is 0.800. The number of ether oxygens (including phenoxy) is 2. The first-order chi connectivity index (χ1) is 11.7. The summed E-state index contributed by atoms with van der Waals surface area (Å²) in [4.78, 5) is 15.0. The molecule has 0 bridgehead atoms. The first-order valence-electron chi connectivity index (χ1n) is 8.62. The highest BCUT2D eigenvalue weighted by molar-refractivity contribution is 5.78. The van der Waals surface area contributed by atoms with E-state index in [-0.39, 0.29) is 5.97 Å². The molecule has 2 aromatic heterocycles. The van der Waals surface area contributed by atoms with Crippen molar-refractivity contribution < 1.29 is 14.3 Å². The number of fused-ring (bicyclic) bond motifs is 2. The Hall–Kier alpha value is -1.92. The zero-order chi connectivity index (χ0) is 16.6. The Labute approximate surface area is 141 Å². The molecule has 128 valence electrons. The van der Waals surface area contributed by atoms with Gasteiger partial charge in [-0.25, -0.2) is 4.52 Å². The van der Waals surface area contributed by atoms with E-state index in [0.29, 0.717) is 25.7 Å². The summed E-state index contributed by atoms with van der Waals surface area (Å²) in [6.07, 6.45) is 2.73. The molecule has 0 unspecified atom stereocenters. The van der Waals surface area contributed by atoms with Crippen LogP contribution in [-0.2, 0) is 20.8 Å². The molecule has 0 aliphatic carbocycles. The normalized spacial score (nSPS) is 27.3. The first kappa shape index (κ1) is 15.6. The number of hydrogen-bond acceptors (Lipinski definition) is 5. The molecule has 2 atom stereocenters. The van der Waals surface area contributed by atoms with Gasteiger partial charge in [0.05, 0.1) is 24.4 Å². The lowest BCUT2D eigenvalue weighted by Gasteiger charge is -2.35. The summed E-state index contributed by atoms with van der Waals surface area (Å²) in [5.41, 5.74) is 1.72. The largest absolute Gasteiger partial charge is 0.465 e. The molecule has 24 heavy (non-hydrogen) atoms. The van der Waals surface area contributed by atoms with Crippen LogP contribution in [0.2, 0.25) is 0 Å². The van der Waals surface area contributed by atoms with Crippen molar-refractivity contribution in [1.82, 2.24) is 14.5 Å². The summed E-state index contributed by atoms with van der Waals surface area (Å²) >= 11 is 0. The van der Waals surface area contributed by atoms with Gasteiger partial charge >= 0.3 is 5.97 Å². The van der Waals surface area contributed by atoms with E-state index in [9.17, 15) is 4.79 Å². The number of likely N-dealkylation sites (tertiary alicyclic amines) is 1. The molecule has 0 radical (unpaired) electrons. The minimum atomic E-state index is -0.508. The summed E-state index contributed by atoms with van der Waals surface area (Å²) in [5, 5.41) is 4.41. The van der Waals surface area contributed by atoms with Crippen LogP contribution in [0, 0.1) is 11.3 Å². The van der Waals surface area contributed by atoms with Gasteiger partial charge in [0.25, 0.3) is 0 Å². The zero-order valence-corrected chi connectivity index (χ0v) is 14.0. The summed E-state index contributed by atoms with van der Waals surface area (Å²) < 4.78 is 13.0. The van der Waals surface area contributed by atoms with Crippen molar-refractivity contribution in [3.05, 3.63) is 36.2 Å². The third kappa shape index (κ3) is 2.50. The number of carbonyl (C=O) groups is 1. The molecule has 4 heterocycles. The van der Waals surface area contributed by atoms with E-state index >= 15 is 0 Å². The van der Waals surface area contributed by atoms with Gasteiger partial charge in [0.2, 0.25) is 0 Å². The molecule has 0 saturated carbocycles. The van der Waals surface area contributed by atoms with Crippen molar-refractivity contribution in [2.75, 3.05) is 32.9 Å². The Kier molecular flexibility index (Phi) is 4.02. The molecule has 2 aliphatic rings. The van der Waals surface area contributed by atoms with Gasteiger partial charge in [-0.15, -0.1) is 0 Å². The van der Waals surface area contributed by atoms with Crippen LogP contribution in [0.3, 0.4) is 0 Å². The van der Waals surface area contributed by atoms with Crippen molar-refractivity contribution in [2.24, 2.45) is 11.3 Å². The van der Waals surface area contributed by atoms with Crippen LogP contribution >= 0.6 is 0 Å². The average Bonchev–Trinajstić information content (AvgIpc) is 3.20. The average molecular weight is 329 g/mol. The molecule has 0 spiro atoms. The first-order valence-corrected chi connectivity index (χ1v) is 8.62. The van der Waals surface area contributed by atoms with Gasteiger partial charge in [-0.1, -0.05) is 6.07 Å². The molecule has 0 amide bonds. The van der Waals surface area contributed by atoms with E-state index < -0.39 is 5.41 Å². The van der Waals surface area contributed by atoms with Crippen molar-refractivity contribution >= 4 is 11.5 Å². The number of aromatic nitrogens is 2. The second-order valence-electron chi connectivity index (χ2n) is 6.77. The third-order valence-corrected chi connectivity index (χ3v) is 5.30. The van der Waals surface area contributed by atoms with Crippen LogP contribution in [0.15, 0.2) is 30.5 Å². The van der Waals surface area contributed by atoms with E-state index in [1.54, 1.807) is 0 Å². The predicted octanol–water partition coefficient (Wildman–Crippen LogP) is 1.74. The van der Waals surface area contributed by atoms with E-state index in [2.05, 4.69) is 22.1 Å². The maximum absolute atomic E-state index is 12.6. The molecular weight excluding hydrogens is 306 g/mol. The molecule has 0 N–H and O–H groups in total. The number of nitrogens with zero attached hydrogens (tertiary/aromatic N) is 3. The Morgan fingerprint density at radius 2 is 2.38 bits per heavy atom. The van der Waals surface area contributed by atoms with Gasteiger partial charge in [0.1, 0.15) is 5.41 Å². The Balaban J connectivity index is 1.57. The highest BCUT2D eigenvalue weighted by atomic mass is 16.5. The fraction of sp³-hybridized carbons (Fsp3) is 0.556. The van der Waals surface area contributed by atoms with Gasteiger partial charge in [-0.3, -0.25) is 9.69 Å². The van der Waals surface area contributed by atoms with E-state index in [1.165, 1.54) is 0 Å². The monoisotopic (exact) mass is 329 g/mol. The highest BCUT2D eigenvalue weighted by Crippen LogP contribution is 2.42. The Morgan fingerprint density at radius 3 is 3.25 bits per heavy atom. The van der Waals surface area contributed by atoms with Crippen molar-refractivity contribution in [1.29, 1.82) is 0 Å². The number of hydrogen-bond donors (Lipinski definition) is 0. The highest BCUT2D eigenvalue weighted by Gasteiger charge is 2.54. The molecular formula is C18H23N3O3. The molecule has 2 saturated heterocycles. The SMILES string of the molecule is CCOC(=O)[C@]12COCC[C@H]1CN(Cc1cccc3ccnn13)C2. The predicted molar refractivity (Wildman–Crippen MR) is 88.5 cm³/mol. The van der Waals surface area contributed by atoms with Crippen LogP contribution in [0.5, 0.6) is 0 Å². The molecule has 2 fully saturated rings. The molecule has 2 aliphatic heterocycles. The van der Waals surface area contributed by atoms with Gasteiger partial charge in [-0.05, 0) is 37.5 Å². The summed E-state index contributed by atoms with van der Waals surface area (Å²) in [5.74, 6) is 0.205. The van der Waals surface area contributed by atoms with Crippen molar-refractivity contribution in [3.8, 4) is 0 Å². The maximum atomic E-state index is 12.6. The molecule has 6 nitrogen and oxygen atoms in total. The number of carbonyl (C=O) groups excluding carboxylic acids is 1. The Bertz CT molecular complexity index is 744. The third-order valence-electron chi connectivity index (χ3n) is 5.30. The van der Waals surface area contributed by atoms with E-state index in [0.717, 1.165) is 37.3 Å². The van der Waals surface area contributed by atoms with Gasteiger partial charge < -0.3 is 9.47 Å².